The van der Waals surface area contributed by atoms with Gasteiger partial charge in [-0.15, -0.1) is 0 Å². The predicted molar refractivity (Wildman–Crippen MR) is 120 cm³/mol. The number of hydrogen-bond acceptors (Lipinski definition) is 4. The average Bonchev–Trinajstić information content (AvgIpc) is 2.81. The molecule has 3 N–H and O–H groups in total. The molecule has 0 aliphatic carbocycles. The lowest BCUT2D eigenvalue weighted by Gasteiger charge is -2.30. The minimum atomic E-state index is -4.44. The van der Waals surface area contributed by atoms with Gasteiger partial charge < -0.3 is 9.84 Å². The monoisotopic (exact) mass is 498 g/mol. The minimum absolute atomic E-state index is 0.199. The van der Waals surface area contributed by atoms with Crippen LogP contribution in [0.2, 0.25) is 0 Å². The van der Waals surface area contributed by atoms with Gasteiger partial charge in [0.2, 0.25) is 5.82 Å². The molecule has 1 atom stereocenters. The molecule has 3 aromatic rings. The van der Waals surface area contributed by atoms with E-state index in [-0.39, 0.29) is 12.0 Å². The zero-order chi connectivity index (χ0) is 25.8. The number of nitrogens with zero attached hydrogens (tertiary/aromatic N) is 1. The molecule has 0 aliphatic heterocycles. The number of nitrogens with two attached hydrogens (primary N) is 1. The second kappa shape index (κ2) is 10.6. The fourth-order valence-corrected chi connectivity index (χ4v) is 3.64. The fraction of sp³-hybridized carbons (Fsp3) is 0.280. The quantitative estimate of drug-likeness (QED) is 0.155. The SMILES string of the molecule is Cc1cc(C(O)(CCCC(F)(F)F)COc2ccc(F)c(F)c2F)ccc1N(N)c1ccccc1. The summed E-state index contributed by atoms with van der Waals surface area (Å²) in [5.41, 5.74) is 0.0662. The van der Waals surface area contributed by atoms with Crippen molar-refractivity contribution in [3.63, 3.8) is 0 Å². The van der Waals surface area contributed by atoms with E-state index in [2.05, 4.69) is 0 Å². The lowest BCUT2D eigenvalue weighted by molar-refractivity contribution is -0.139. The molecule has 0 saturated carbocycles. The minimum Gasteiger partial charge on any atom is -0.487 e. The van der Waals surface area contributed by atoms with Crippen LogP contribution in [0.15, 0.2) is 60.7 Å². The first-order valence-corrected chi connectivity index (χ1v) is 10.7. The number of alkyl halides is 3. The lowest BCUT2D eigenvalue weighted by atomic mass is 9.87. The Hall–Kier alpha value is -3.24. The third-order valence-electron chi connectivity index (χ3n) is 5.54. The zero-order valence-electron chi connectivity index (χ0n) is 18.7. The van der Waals surface area contributed by atoms with Gasteiger partial charge in [0.15, 0.2) is 17.4 Å². The molecule has 3 aromatic carbocycles. The van der Waals surface area contributed by atoms with Crippen LogP contribution >= 0.6 is 0 Å². The van der Waals surface area contributed by atoms with Gasteiger partial charge in [-0.25, -0.2) is 14.6 Å². The van der Waals surface area contributed by atoms with E-state index >= 15 is 0 Å². The summed E-state index contributed by atoms with van der Waals surface area (Å²) in [6.45, 7) is 1.00. The summed E-state index contributed by atoms with van der Waals surface area (Å²) in [4.78, 5) is 0. The Morgan fingerprint density at radius 3 is 2.23 bits per heavy atom. The van der Waals surface area contributed by atoms with Gasteiger partial charge in [-0.2, -0.15) is 17.6 Å². The van der Waals surface area contributed by atoms with Gasteiger partial charge in [0.1, 0.15) is 12.2 Å². The summed E-state index contributed by atoms with van der Waals surface area (Å²) in [5.74, 6) is 0.735. The fourth-order valence-electron chi connectivity index (χ4n) is 3.64. The summed E-state index contributed by atoms with van der Waals surface area (Å²) in [7, 11) is 0. The number of para-hydroxylation sites is 1. The van der Waals surface area contributed by atoms with Gasteiger partial charge in [0.05, 0.1) is 11.4 Å². The molecular formula is C25H24F6N2O2. The molecule has 3 rings (SSSR count). The number of aliphatic hydroxyl groups is 1. The van der Waals surface area contributed by atoms with Crippen molar-refractivity contribution in [1.29, 1.82) is 0 Å². The number of ether oxygens (including phenoxy) is 1. The molecule has 0 fully saturated rings. The standard InChI is InChI=1S/C25H24F6N2O2/c1-16-14-17(8-10-20(16)33(32)18-6-3-2-4-7-18)24(34,12-5-13-25(29,30)31)15-35-21-11-9-19(26)22(27)23(21)28/h2-4,6-11,14,34H,5,12-13,15,32H2,1H3. The topological polar surface area (TPSA) is 58.7 Å². The van der Waals surface area contributed by atoms with Crippen molar-refractivity contribution in [3.8, 4) is 5.75 Å². The van der Waals surface area contributed by atoms with Crippen molar-refractivity contribution < 1.29 is 36.2 Å². The smallest absolute Gasteiger partial charge is 0.389 e. The molecule has 0 aromatic heterocycles. The Morgan fingerprint density at radius 1 is 0.914 bits per heavy atom. The number of hydrazine groups is 1. The molecule has 35 heavy (non-hydrogen) atoms. The first-order valence-electron chi connectivity index (χ1n) is 10.7. The largest absolute Gasteiger partial charge is 0.487 e. The molecule has 0 heterocycles. The van der Waals surface area contributed by atoms with Crippen LogP contribution in [-0.2, 0) is 5.60 Å². The number of aryl methyl sites for hydroxylation is 1. The molecular weight excluding hydrogens is 474 g/mol. The summed E-state index contributed by atoms with van der Waals surface area (Å²) in [6.07, 6.45) is -6.43. The van der Waals surface area contributed by atoms with E-state index in [1.807, 2.05) is 6.07 Å². The van der Waals surface area contributed by atoms with E-state index in [0.717, 1.165) is 6.07 Å². The molecule has 0 radical (unpaired) electrons. The van der Waals surface area contributed by atoms with Gasteiger partial charge in [0.25, 0.3) is 0 Å². The number of hydrogen-bond donors (Lipinski definition) is 2. The normalized spacial score (nSPS) is 13.4. The Morgan fingerprint density at radius 2 is 1.60 bits per heavy atom. The lowest BCUT2D eigenvalue weighted by Crippen LogP contribution is -2.34. The van der Waals surface area contributed by atoms with Gasteiger partial charge in [-0.3, -0.25) is 5.01 Å². The molecule has 1 unspecified atom stereocenters. The third kappa shape index (κ3) is 6.46. The molecule has 0 saturated heterocycles. The number of halogens is 6. The van der Waals surface area contributed by atoms with Crippen molar-refractivity contribution in [2.75, 3.05) is 11.6 Å². The van der Waals surface area contributed by atoms with Crippen molar-refractivity contribution >= 4 is 11.4 Å². The van der Waals surface area contributed by atoms with Crippen LogP contribution in [0.25, 0.3) is 0 Å². The Kier molecular flexibility index (Phi) is 7.97. The summed E-state index contributed by atoms with van der Waals surface area (Å²) >= 11 is 0. The van der Waals surface area contributed by atoms with Crippen LogP contribution < -0.4 is 15.6 Å². The first-order chi connectivity index (χ1) is 16.4. The number of anilines is 2. The number of rotatable bonds is 9. The van der Waals surface area contributed by atoms with E-state index < -0.39 is 54.4 Å². The number of benzene rings is 3. The van der Waals surface area contributed by atoms with Gasteiger partial charge in [-0.05, 0) is 61.2 Å². The first kappa shape index (κ1) is 26.4. The van der Waals surface area contributed by atoms with Crippen molar-refractivity contribution in [2.45, 2.75) is 38.0 Å². The highest BCUT2D eigenvalue weighted by Crippen LogP contribution is 2.35. The van der Waals surface area contributed by atoms with Crippen molar-refractivity contribution in [1.82, 2.24) is 0 Å². The summed E-state index contributed by atoms with van der Waals surface area (Å²) in [6, 6.07) is 15.1. The second-order valence-electron chi connectivity index (χ2n) is 8.17. The Balaban J connectivity index is 1.89. The van der Waals surface area contributed by atoms with E-state index in [9.17, 15) is 31.4 Å². The summed E-state index contributed by atoms with van der Waals surface area (Å²) in [5, 5.41) is 12.7. The van der Waals surface area contributed by atoms with Crippen LogP contribution in [0, 0.1) is 24.4 Å². The molecule has 188 valence electrons. The van der Waals surface area contributed by atoms with Crippen LogP contribution in [0.4, 0.5) is 37.7 Å². The van der Waals surface area contributed by atoms with Gasteiger partial charge in [-0.1, -0.05) is 30.3 Å². The van der Waals surface area contributed by atoms with Crippen LogP contribution in [0.1, 0.15) is 30.4 Å². The Bertz CT molecular complexity index is 1160. The highest BCUT2D eigenvalue weighted by molar-refractivity contribution is 5.65. The Labute approximate surface area is 198 Å². The second-order valence-corrected chi connectivity index (χ2v) is 8.17. The highest BCUT2D eigenvalue weighted by atomic mass is 19.4. The van der Waals surface area contributed by atoms with E-state index in [1.165, 1.54) is 17.1 Å². The molecule has 0 amide bonds. The molecule has 0 spiro atoms. The van der Waals surface area contributed by atoms with E-state index in [0.29, 0.717) is 23.0 Å². The van der Waals surface area contributed by atoms with E-state index in [4.69, 9.17) is 10.6 Å². The van der Waals surface area contributed by atoms with Gasteiger partial charge >= 0.3 is 6.18 Å². The third-order valence-corrected chi connectivity index (χ3v) is 5.54. The van der Waals surface area contributed by atoms with Gasteiger partial charge in [0, 0.05) is 6.42 Å². The van der Waals surface area contributed by atoms with Crippen LogP contribution in [0.3, 0.4) is 0 Å². The maximum atomic E-state index is 14.0. The molecule has 4 nitrogen and oxygen atoms in total. The summed E-state index contributed by atoms with van der Waals surface area (Å²) < 4.78 is 84.2. The van der Waals surface area contributed by atoms with Crippen molar-refractivity contribution in [3.05, 3.63) is 89.2 Å². The van der Waals surface area contributed by atoms with Crippen LogP contribution in [0.5, 0.6) is 5.75 Å². The zero-order valence-corrected chi connectivity index (χ0v) is 18.7. The maximum absolute atomic E-state index is 14.0. The molecule has 0 aliphatic rings. The average molecular weight is 498 g/mol. The highest BCUT2D eigenvalue weighted by Gasteiger charge is 2.34. The van der Waals surface area contributed by atoms with Crippen molar-refractivity contribution in [2.24, 2.45) is 5.84 Å². The van der Waals surface area contributed by atoms with Crippen LogP contribution in [-0.4, -0.2) is 17.9 Å². The molecule has 0 bridgehead atoms. The predicted octanol–water partition coefficient (Wildman–Crippen LogP) is 6.42. The van der Waals surface area contributed by atoms with E-state index in [1.54, 1.807) is 37.3 Å². The maximum Gasteiger partial charge on any atom is 0.389 e. The molecule has 10 heteroatoms.